The van der Waals surface area contributed by atoms with Crippen molar-refractivity contribution in [2.75, 3.05) is 0 Å². The molecule has 28 heavy (non-hydrogen) atoms. The van der Waals surface area contributed by atoms with E-state index in [-0.39, 0.29) is 0 Å². The van der Waals surface area contributed by atoms with Gasteiger partial charge in [0.1, 0.15) is 0 Å². The molecule has 0 bridgehead atoms. The second kappa shape index (κ2) is 6.82. The number of aromatic nitrogens is 1. The number of nitrogens with zero attached hydrogens (tertiary/aromatic N) is 1. The SMILES string of the molecule is C[Si](C)(C)c1cccc2sc3c(-c4ccc(C5CCCC5)cn4)cccc3c12. The summed E-state index contributed by atoms with van der Waals surface area (Å²) < 4.78 is 2.79. The topological polar surface area (TPSA) is 12.9 Å². The zero-order chi connectivity index (χ0) is 19.3. The average Bonchev–Trinajstić information content (AvgIpc) is 3.35. The van der Waals surface area contributed by atoms with Gasteiger partial charge in [0.2, 0.25) is 0 Å². The van der Waals surface area contributed by atoms with Crippen molar-refractivity contribution >= 4 is 44.8 Å². The molecule has 0 spiro atoms. The molecule has 1 nitrogen and oxygen atoms in total. The van der Waals surface area contributed by atoms with Gasteiger partial charge in [-0.3, -0.25) is 4.98 Å². The number of rotatable bonds is 3. The first-order valence-electron chi connectivity index (χ1n) is 10.4. The van der Waals surface area contributed by atoms with Crippen LogP contribution < -0.4 is 5.19 Å². The van der Waals surface area contributed by atoms with E-state index in [2.05, 4.69) is 74.4 Å². The average molecular weight is 402 g/mol. The molecule has 4 aromatic rings. The van der Waals surface area contributed by atoms with Crippen molar-refractivity contribution in [3.63, 3.8) is 0 Å². The molecule has 2 heterocycles. The molecule has 5 rings (SSSR count). The summed E-state index contributed by atoms with van der Waals surface area (Å²) in [7, 11) is -1.41. The third-order valence-electron chi connectivity index (χ3n) is 6.22. The van der Waals surface area contributed by atoms with Crippen molar-refractivity contribution in [3.8, 4) is 11.3 Å². The predicted molar refractivity (Wildman–Crippen MR) is 127 cm³/mol. The van der Waals surface area contributed by atoms with E-state index in [0.717, 1.165) is 11.6 Å². The normalized spacial score (nSPS) is 15.7. The lowest BCUT2D eigenvalue weighted by Gasteiger charge is -2.18. The Kier molecular flexibility index (Phi) is 4.40. The fraction of sp³-hybridized carbons (Fsp3) is 0.320. The Hall–Kier alpha value is -1.97. The lowest BCUT2D eigenvalue weighted by Crippen LogP contribution is -2.37. The van der Waals surface area contributed by atoms with Gasteiger partial charge in [-0.15, -0.1) is 11.3 Å². The first-order valence-corrected chi connectivity index (χ1v) is 14.7. The van der Waals surface area contributed by atoms with E-state index in [9.17, 15) is 0 Å². The molecule has 0 saturated heterocycles. The summed E-state index contributed by atoms with van der Waals surface area (Å²) in [5.41, 5.74) is 3.80. The van der Waals surface area contributed by atoms with Crippen LogP contribution in [0.1, 0.15) is 37.2 Å². The highest BCUT2D eigenvalue weighted by Gasteiger charge is 2.22. The van der Waals surface area contributed by atoms with E-state index in [0.29, 0.717) is 0 Å². The van der Waals surface area contributed by atoms with Crippen LogP contribution in [0.3, 0.4) is 0 Å². The van der Waals surface area contributed by atoms with Crippen molar-refractivity contribution in [3.05, 3.63) is 60.3 Å². The van der Waals surface area contributed by atoms with Crippen LogP contribution in [-0.2, 0) is 0 Å². The molecule has 2 aromatic carbocycles. The standard InChI is InChI=1S/C25H27NSSi/c1-28(2,3)23-13-7-12-22-24(23)20-11-6-10-19(25(20)27-22)21-15-14-18(16-26-21)17-8-4-5-9-17/h6-7,10-17H,4-5,8-9H2,1-3H3. The highest BCUT2D eigenvalue weighted by atomic mass is 32.1. The summed E-state index contributed by atoms with van der Waals surface area (Å²) in [5, 5.41) is 4.45. The molecule has 1 aliphatic rings. The molecule has 0 atom stereocenters. The summed E-state index contributed by atoms with van der Waals surface area (Å²) in [4.78, 5) is 4.90. The number of thiophene rings is 1. The maximum atomic E-state index is 4.90. The molecule has 0 radical (unpaired) electrons. The Labute approximate surface area is 172 Å². The Morgan fingerprint density at radius 3 is 2.43 bits per heavy atom. The molecule has 142 valence electrons. The summed E-state index contributed by atoms with van der Waals surface area (Å²) in [6.07, 6.45) is 7.52. The molecule has 1 fully saturated rings. The van der Waals surface area contributed by atoms with Crippen LogP contribution in [0.25, 0.3) is 31.4 Å². The minimum Gasteiger partial charge on any atom is -0.256 e. The Morgan fingerprint density at radius 2 is 1.71 bits per heavy atom. The van der Waals surface area contributed by atoms with Crippen LogP contribution in [0, 0.1) is 0 Å². The zero-order valence-electron chi connectivity index (χ0n) is 17.0. The van der Waals surface area contributed by atoms with Gasteiger partial charge in [0, 0.05) is 26.5 Å². The van der Waals surface area contributed by atoms with Crippen LogP contribution in [0.15, 0.2) is 54.7 Å². The highest BCUT2D eigenvalue weighted by Crippen LogP contribution is 2.40. The van der Waals surface area contributed by atoms with Crippen LogP contribution in [0.4, 0.5) is 0 Å². The second-order valence-electron chi connectivity index (χ2n) is 9.17. The summed E-state index contributed by atoms with van der Waals surface area (Å²) in [6, 6.07) is 18.2. The molecule has 2 aromatic heterocycles. The van der Waals surface area contributed by atoms with Gasteiger partial charge in [-0.05, 0) is 41.8 Å². The van der Waals surface area contributed by atoms with Gasteiger partial charge in [-0.25, -0.2) is 0 Å². The van der Waals surface area contributed by atoms with E-state index >= 15 is 0 Å². The van der Waals surface area contributed by atoms with Crippen LogP contribution in [-0.4, -0.2) is 13.1 Å². The summed E-state index contributed by atoms with van der Waals surface area (Å²) in [6.45, 7) is 7.33. The van der Waals surface area contributed by atoms with Crippen LogP contribution >= 0.6 is 11.3 Å². The number of fused-ring (bicyclic) bond motifs is 3. The van der Waals surface area contributed by atoms with Crippen molar-refractivity contribution in [1.29, 1.82) is 0 Å². The largest absolute Gasteiger partial charge is 0.256 e. The number of benzene rings is 2. The predicted octanol–water partition coefficient (Wildman–Crippen LogP) is 7.32. The van der Waals surface area contributed by atoms with E-state index < -0.39 is 8.07 Å². The van der Waals surface area contributed by atoms with Gasteiger partial charge in [0.05, 0.1) is 13.8 Å². The van der Waals surface area contributed by atoms with Gasteiger partial charge in [0.15, 0.2) is 0 Å². The molecule has 0 aliphatic heterocycles. The maximum Gasteiger partial charge on any atom is 0.0784 e. The molecular formula is C25H27NSSi. The van der Waals surface area contributed by atoms with Gasteiger partial charge < -0.3 is 0 Å². The van der Waals surface area contributed by atoms with E-state index in [1.807, 2.05) is 11.3 Å². The number of hydrogen-bond donors (Lipinski definition) is 0. The van der Waals surface area contributed by atoms with Crippen molar-refractivity contribution in [1.82, 2.24) is 4.98 Å². The highest BCUT2D eigenvalue weighted by molar-refractivity contribution is 7.26. The molecule has 1 saturated carbocycles. The third-order valence-corrected chi connectivity index (χ3v) is 9.46. The fourth-order valence-electron chi connectivity index (χ4n) is 4.74. The van der Waals surface area contributed by atoms with Gasteiger partial charge >= 0.3 is 0 Å². The maximum absolute atomic E-state index is 4.90. The lowest BCUT2D eigenvalue weighted by molar-refractivity contribution is 0.719. The monoisotopic (exact) mass is 401 g/mol. The smallest absolute Gasteiger partial charge is 0.0784 e. The quantitative estimate of drug-likeness (QED) is 0.328. The molecule has 0 amide bonds. The van der Waals surface area contributed by atoms with E-state index in [1.165, 1.54) is 57.0 Å². The van der Waals surface area contributed by atoms with E-state index in [1.54, 1.807) is 5.19 Å². The fourth-order valence-corrected chi connectivity index (χ4v) is 7.70. The zero-order valence-corrected chi connectivity index (χ0v) is 18.8. The third kappa shape index (κ3) is 3.01. The second-order valence-corrected chi connectivity index (χ2v) is 15.3. The van der Waals surface area contributed by atoms with Crippen LogP contribution in [0.2, 0.25) is 19.6 Å². The molecule has 0 unspecified atom stereocenters. The first-order chi connectivity index (χ1) is 13.5. The molecule has 0 N–H and O–H groups in total. The Balaban J connectivity index is 1.66. The van der Waals surface area contributed by atoms with Crippen molar-refractivity contribution in [2.45, 2.75) is 51.2 Å². The van der Waals surface area contributed by atoms with Gasteiger partial charge in [0.25, 0.3) is 0 Å². The van der Waals surface area contributed by atoms with Crippen LogP contribution in [0.5, 0.6) is 0 Å². The minimum absolute atomic E-state index is 0.723. The minimum atomic E-state index is -1.41. The molecule has 1 aliphatic carbocycles. The summed E-state index contributed by atoms with van der Waals surface area (Å²) in [5.74, 6) is 0.723. The van der Waals surface area contributed by atoms with Gasteiger partial charge in [-0.1, -0.05) is 74.1 Å². The summed E-state index contributed by atoms with van der Waals surface area (Å²) >= 11 is 1.93. The van der Waals surface area contributed by atoms with E-state index in [4.69, 9.17) is 4.98 Å². The van der Waals surface area contributed by atoms with Crippen molar-refractivity contribution < 1.29 is 0 Å². The Morgan fingerprint density at radius 1 is 0.929 bits per heavy atom. The lowest BCUT2D eigenvalue weighted by atomic mass is 9.98. The van der Waals surface area contributed by atoms with Crippen molar-refractivity contribution in [2.24, 2.45) is 0 Å². The molecule has 3 heteroatoms. The number of pyridine rings is 1. The molecular weight excluding hydrogens is 374 g/mol. The Bertz CT molecular complexity index is 1150. The first kappa shape index (κ1) is 18.1. The number of hydrogen-bond acceptors (Lipinski definition) is 2. The van der Waals surface area contributed by atoms with Gasteiger partial charge in [-0.2, -0.15) is 0 Å².